The minimum atomic E-state index is -0.978. The maximum absolute atomic E-state index is 10.6. The van der Waals surface area contributed by atoms with Gasteiger partial charge >= 0.3 is 5.97 Å². The third-order valence-electron chi connectivity index (χ3n) is 2.00. The highest BCUT2D eigenvalue weighted by Gasteiger charge is 2.03. The van der Waals surface area contributed by atoms with Gasteiger partial charge < -0.3 is 10.2 Å². The van der Waals surface area contributed by atoms with E-state index in [1.54, 1.807) is 12.1 Å². The van der Waals surface area contributed by atoms with Crippen molar-refractivity contribution >= 4 is 18.1 Å². The van der Waals surface area contributed by atoms with Crippen LogP contribution >= 0.6 is 0 Å². The summed E-state index contributed by atoms with van der Waals surface area (Å²) in [7, 11) is 0. The summed E-state index contributed by atoms with van der Waals surface area (Å²) >= 11 is 0. The van der Waals surface area contributed by atoms with Crippen LogP contribution in [0.1, 0.15) is 18.1 Å². The van der Waals surface area contributed by atoms with Gasteiger partial charge in [0.05, 0.1) is 0 Å². The van der Waals surface area contributed by atoms with Gasteiger partial charge in [-0.3, -0.25) is 0 Å². The first-order chi connectivity index (χ1) is 7.04. The Morgan fingerprint density at radius 1 is 1.40 bits per heavy atom. The molecule has 0 aliphatic carbocycles. The molecule has 0 bridgehead atoms. The standard InChI is InChI=1S/C12H12O3/c1-3-9-4-5-11(13)7-10(9)6-8(2)12(14)15/h3-7,13H,1H2,2H3,(H,14,15)/b8-6+. The predicted molar refractivity (Wildman–Crippen MR) is 59.5 cm³/mol. The summed E-state index contributed by atoms with van der Waals surface area (Å²) < 4.78 is 0. The molecule has 2 N–H and O–H groups in total. The third-order valence-corrected chi connectivity index (χ3v) is 2.00. The fourth-order valence-electron chi connectivity index (χ4n) is 1.17. The van der Waals surface area contributed by atoms with Crippen LogP contribution in [0.3, 0.4) is 0 Å². The molecular formula is C12H12O3. The molecule has 0 atom stereocenters. The Balaban J connectivity index is 3.23. The molecule has 0 heterocycles. The average Bonchev–Trinajstić information content (AvgIpc) is 2.18. The number of phenols is 1. The summed E-state index contributed by atoms with van der Waals surface area (Å²) in [6, 6.07) is 4.72. The van der Waals surface area contributed by atoms with Crippen molar-refractivity contribution in [1.29, 1.82) is 0 Å². The maximum Gasteiger partial charge on any atom is 0.331 e. The van der Waals surface area contributed by atoms with Gasteiger partial charge in [0.1, 0.15) is 5.75 Å². The van der Waals surface area contributed by atoms with E-state index in [2.05, 4.69) is 6.58 Å². The Hall–Kier alpha value is -2.03. The molecule has 15 heavy (non-hydrogen) atoms. The molecule has 0 aromatic heterocycles. The van der Waals surface area contributed by atoms with E-state index >= 15 is 0 Å². The van der Waals surface area contributed by atoms with Crippen molar-refractivity contribution in [3.05, 3.63) is 41.5 Å². The van der Waals surface area contributed by atoms with Gasteiger partial charge in [0, 0.05) is 5.57 Å². The van der Waals surface area contributed by atoms with Gasteiger partial charge in [0.15, 0.2) is 0 Å². The Morgan fingerprint density at radius 2 is 2.07 bits per heavy atom. The lowest BCUT2D eigenvalue weighted by Gasteiger charge is -2.02. The van der Waals surface area contributed by atoms with Crippen molar-refractivity contribution in [3.63, 3.8) is 0 Å². The smallest absolute Gasteiger partial charge is 0.331 e. The molecule has 0 spiro atoms. The zero-order chi connectivity index (χ0) is 11.4. The van der Waals surface area contributed by atoms with Crippen molar-refractivity contribution in [1.82, 2.24) is 0 Å². The number of hydrogen-bond donors (Lipinski definition) is 2. The van der Waals surface area contributed by atoms with Gasteiger partial charge in [-0.05, 0) is 36.3 Å². The molecule has 0 amide bonds. The van der Waals surface area contributed by atoms with Crippen molar-refractivity contribution < 1.29 is 15.0 Å². The number of carbonyl (C=O) groups is 1. The van der Waals surface area contributed by atoms with E-state index in [1.807, 2.05) is 0 Å². The first kappa shape index (κ1) is 11.0. The van der Waals surface area contributed by atoms with Gasteiger partial charge in [-0.1, -0.05) is 18.7 Å². The Kier molecular flexibility index (Phi) is 3.29. The Labute approximate surface area is 88.0 Å². The van der Waals surface area contributed by atoms with Gasteiger partial charge in [-0.25, -0.2) is 4.79 Å². The SMILES string of the molecule is C=Cc1ccc(O)cc1/C=C(\C)C(=O)O. The van der Waals surface area contributed by atoms with E-state index in [0.717, 1.165) is 5.56 Å². The van der Waals surface area contributed by atoms with Crippen LogP contribution in [0.15, 0.2) is 30.4 Å². The molecule has 3 heteroatoms. The van der Waals surface area contributed by atoms with Crippen LogP contribution in [-0.4, -0.2) is 16.2 Å². The zero-order valence-electron chi connectivity index (χ0n) is 8.40. The van der Waals surface area contributed by atoms with Crippen LogP contribution in [0.5, 0.6) is 5.75 Å². The average molecular weight is 204 g/mol. The highest BCUT2D eigenvalue weighted by Crippen LogP contribution is 2.20. The van der Waals surface area contributed by atoms with E-state index in [0.29, 0.717) is 5.56 Å². The predicted octanol–water partition coefficient (Wildman–Crippen LogP) is 2.52. The second kappa shape index (κ2) is 4.46. The Bertz CT molecular complexity index is 430. The van der Waals surface area contributed by atoms with Crippen LogP contribution < -0.4 is 0 Å². The quantitative estimate of drug-likeness (QED) is 0.744. The molecular weight excluding hydrogens is 192 g/mol. The molecule has 3 nitrogen and oxygen atoms in total. The molecule has 1 aromatic rings. The number of phenolic OH excluding ortho intramolecular Hbond substituents is 1. The van der Waals surface area contributed by atoms with Gasteiger partial charge in [0.25, 0.3) is 0 Å². The summed E-state index contributed by atoms with van der Waals surface area (Å²) in [5, 5.41) is 18.0. The second-order valence-corrected chi connectivity index (χ2v) is 3.15. The number of aliphatic carboxylic acids is 1. The van der Waals surface area contributed by atoms with Crippen LogP contribution in [0.25, 0.3) is 12.2 Å². The van der Waals surface area contributed by atoms with E-state index in [9.17, 15) is 9.90 Å². The molecule has 78 valence electrons. The number of carboxylic acids is 1. The molecule has 1 rings (SSSR count). The molecule has 0 aliphatic heterocycles. The summed E-state index contributed by atoms with van der Waals surface area (Å²) in [4.78, 5) is 10.6. The molecule has 1 aromatic carbocycles. The molecule has 0 radical (unpaired) electrons. The van der Waals surface area contributed by atoms with Crippen LogP contribution in [0.4, 0.5) is 0 Å². The highest BCUT2D eigenvalue weighted by atomic mass is 16.4. The molecule has 0 saturated carbocycles. The number of carboxylic acid groups (broad SMARTS) is 1. The van der Waals surface area contributed by atoms with Crippen LogP contribution in [0, 0.1) is 0 Å². The fraction of sp³-hybridized carbons (Fsp3) is 0.0833. The van der Waals surface area contributed by atoms with Crippen molar-refractivity contribution in [2.45, 2.75) is 6.92 Å². The van der Waals surface area contributed by atoms with Gasteiger partial charge in [-0.15, -0.1) is 0 Å². The summed E-state index contributed by atoms with van der Waals surface area (Å²) in [6.45, 7) is 5.11. The van der Waals surface area contributed by atoms with E-state index in [4.69, 9.17) is 5.11 Å². The number of hydrogen-bond acceptors (Lipinski definition) is 2. The summed E-state index contributed by atoms with van der Waals surface area (Å²) in [5.74, 6) is -0.876. The topological polar surface area (TPSA) is 57.5 Å². The largest absolute Gasteiger partial charge is 0.508 e. The van der Waals surface area contributed by atoms with Gasteiger partial charge in [0.2, 0.25) is 0 Å². The van der Waals surface area contributed by atoms with Crippen LogP contribution in [0.2, 0.25) is 0 Å². The van der Waals surface area contributed by atoms with Crippen molar-refractivity contribution in [2.24, 2.45) is 0 Å². The zero-order valence-corrected chi connectivity index (χ0v) is 8.40. The summed E-state index contributed by atoms with van der Waals surface area (Å²) in [6.07, 6.45) is 3.11. The second-order valence-electron chi connectivity index (χ2n) is 3.15. The molecule has 0 aliphatic rings. The Morgan fingerprint density at radius 3 is 2.60 bits per heavy atom. The minimum absolute atomic E-state index is 0.102. The highest BCUT2D eigenvalue weighted by molar-refractivity contribution is 5.92. The normalized spacial score (nSPS) is 11.1. The van der Waals surface area contributed by atoms with E-state index in [1.165, 1.54) is 25.1 Å². The van der Waals surface area contributed by atoms with Gasteiger partial charge in [-0.2, -0.15) is 0 Å². The molecule has 0 fully saturated rings. The molecule has 0 saturated heterocycles. The lowest BCUT2D eigenvalue weighted by Crippen LogP contribution is -1.95. The minimum Gasteiger partial charge on any atom is -0.508 e. The number of benzene rings is 1. The van der Waals surface area contributed by atoms with E-state index < -0.39 is 5.97 Å². The monoisotopic (exact) mass is 204 g/mol. The van der Waals surface area contributed by atoms with Crippen molar-refractivity contribution in [3.8, 4) is 5.75 Å². The van der Waals surface area contributed by atoms with Crippen LogP contribution in [-0.2, 0) is 4.79 Å². The lowest BCUT2D eigenvalue weighted by molar-refractivity contribution is -0.132. The number of aromatic hydroxyl groups is 1. The maximum atomic E-state index is 10.6. The molecule has 0 unspecified atom stereocenters. The number of rotatable bonds is 3. The first-order valence-corrected chi connectivity index (χ1v) is 4.41. The van der Waals surface area contributed by atoms with Crippen molar-refractivity contribution in [2.75, 3.05) is 0 Å². The fourth-order valence-corrected chi connectivity index (χ4v) is 1.17. The third kappa shape index (κ3) is 2.71. The summed E-state index contributed by atoms with van der Waals surface area (Å²) in [5.41, 5.74) is 1.64. The lowest BCUT2D eigenvalue weighted by atomic mass is 10.0. The van der Waals surface area contributed by atoms with E-state index in [-0.39, 0.29) is 11.3 Å². The first-order valence-electron chi connectivity index (χ1n) is 4.41.